The molecule has 1 aromatic rings. The van der Waals surface area contributed by atoms with E-state index in [-0.39, 0.29) is 24.6 Å². The number of fused-ring (bicyclic) bond motifs is 2. The molecule has 7 rings (SSSR count). The molecule has 1 aliphatic heterocycles. The zero-order chi connectivity index (χ0) is 35.3. The van der Waals surface area contributed by atoms with Crippen molar-refractivity contribution in [2.45, 2.75) is 87.5 Å². The summed E-state index contributed by atoms with van der Waals surface area (Å²) in [4.78, 5) is 42.2. The second-order valence-electron chi connectivity index (χ2n) is 15.0. The first-order chi connectivity index (χ1) is 23.4. The van der Waals surface area contributed by atoms with E-state index < -0.39 is 100 Å². The Bertz CT molecular complexity index is 1480. The molecule has 7 bridgehead atoms. The number of rotatable bonds is 10. The Morgan fingerprint density at radius 2 is 1.63 bits per heavy atom. The molecule has 13 nitrogen and oxygen atoms in total. The van der Waals surface area contributed by atoms with Gasteiger partial charge < -0.3 is 43.4 Å². The van der Waals surface area contributed by atoms with Gasteiger partial charge in [-0.3, -0.25) is 14.5 Å². The molecule has 6 fully saturated rings. The van der Waals surface area contributed by atoms with Crippen LogP contribution in [0.4, 0.5) is 0 Å². The van der Waals surface area contributed by atoms with Gasteiger partial charge in [0, 0.05) is 89.9 Å². The Labute approximate surface area is 286 Å². The lowest BCUT2D eigenvalue weighted by Gasteiger charge is -2.70. The molecule has 1 spiro atoms. The highest BCUT2D eigenvalue weighted by atomic mass is 16.6. The number of aliphatic hydroxyl groups is 2. The number of hydrogen-bond donors (Lipinski definition) is 2. The van der Waals surface area contributed by atoms with Crippen molar-refractivity contribution in [3.63, 3.8) is 0 Å². The van der Waals surface area contributed by atoms with Gasteiger partial charge in [-0.15, -0.1) is 0 Å². The number of methoxy groups -OCH3 is 4. The van der Waals surface area contributed by atoms with E-state index in [1.807, 2.05) is 6.92 Å². The monoisotopic (exact) mass is 687 g/mol. The Morgan fingerprint density at radius 1 is 0.918 bits per heavy atom. The molecule has 4 unspecified atom stereocenters. The molecule has 6 aliphatic rings. The fourth-order valence-corrected chi connectivity index (χ4v) is 12.7. The molecule has 13 heteroatoms. The van der Waals surface area contributed by atoms with Crippen LogP contribution in [-0.4, -0.2) is 135 Å². The van der Waals surface area contributed by atoms with Crippen molar-refractivity contribution in [2.75, 3.05) is 48.1 Å². The number of benzene rings is 1. The fourth-order valence-electron chi connectivity index (χ4n) is 12.7. The molecule has 1 saturated heterocycles. The number of carbonyl (C=O) groups is 3. The minimum Gasteiger partial charge on any atom is -0.462 e. The summed E-state index contributed by atoms with van der Waals surface area (Å²) >= 11 is 0. The normalized spacial score (nSPS) is 47.4. The third-order valence-electron chi connectivity index (χ3n) is 13.4. The molecule has 0 radical (unpaired) electrons. The summed E-state index contributed by atoms with van der Waals surface area (Å²) in [6, 6.07) is 8.12. The van der Waals surface area contributed by atoms with Gasteiger partial charge in [-0.1, -0.05) is 25.1 Å². The Kier molecular flexibility index (Phi) is 8.49. The predicted octanol–water partition coefficient (Wildman–Crippen LogP) is 1.22. The molecule has 0 aromatic heterocycles. The van der Waals surface area contributed by atoms with Crippen LogP contribution < -0.4 is 0 Å². The van der Waals surface area contributed by atoms with Crippen LogP contribution >= 0.6 is 0 Å². The smallest absolute Gasteiger partial charge is 0.338 e. The van der Waals surface area contributed by atoms with Crippen LogP contribution in [0.1, 0.15) is 44.0 Å². The molecular weight excluding hydrogens is 638 g/mol. The number of esters is 3. The van der Waals surface area contributed by atoms with Crippen molar-refractivity contribution in [2.24, 2.45) is 34.5 Å². The Balaban J connectivity index is 1.53. The van der Waals surface area contributed by atoms with Gasteiger partial charge in [0.2, 0.25) is 0 Å². The van der Waals surface area contributed by atoms with Crippen molar-refractivity contribution >= 4 is 17.9 Å². The van der Waals surface area contributed by atoms with E-state index in [9.17, 15) is 24.6 Å². The van der Waals surface area contributed by atoms with Crippen LogP contribution in [0.3, 0.4) is 0 Å². The van der Waals surface area contributed by atoms with E-state index in [0.29, 0.717) is 19.5 Å². The number of piperidine rings is 1. The lowest BCUT2D eigenvalue weighted by atomic mass is 9.42. The van der Waals surface area contributed by atoms with E-state index in [2.05, 4.69) is 4.90 Å². The van der Waals surface area contributed by atoms with Crippen LogP contribution in [0, 0.1) is 34.5 Å². The van der Waals surface area contributed by atoms with Gasteiger partial charge in [0.05, 0.1) is 24.4 Å². The quantitative estimate of drug-likeness (QED) is 0.267. The first-order valence-electron chi connectivity index (χ1n) is 17.2. The topological polar surface area (TPSA) is 160 Å². The highest BCUT2D eigenvalue weighted by molar-refractivity contribution is 5.89. The van der Waals surface area contributed by atoms with Crippen molar-refractivity contribution < 1.29 is 57.8 Å². The summed E-state index contributed by atoms with van der Waals surface area (Å²) in [5.41, 5.74) is -4.92. The molecule has 1 heterocycles. The molecule has 0 amide bonds. The number of carbonyl (C=O) groups excluding carboxylic acids is 3. The molecule has 5 saturated carbocycles. The lowest BCUT2D eigenvalue weighted by Crippen LogP contribution is -2.81. The maximum atomic E-state index is 13.8. The highest BCUT2D eigenvalue weighted by Gasteiger charge is 2.92. The minimum atomic E-state index is -1.86. The lowest BCUT2D eigenvalue weighted by molar-refractivity contribution is -0.322. The summed E-state index contributed by atoms with van der Waals surface area (Å²) in [6.07, 6.45) is -5.45. The maximum Gasteiger partial charge on any atom is 0.338 e. The van der Waals surface area contributed by atoms with Crippen molar-refractivity contribution in [3.8, 4) is 0 Å². The van der Waals surface area contributed by atoms with E-state index in [1.54, 1.807) is 51.7 Å². The van der Waals surface area contributed by atoms with Crippen LogP contribution in [0.2, 0.25) is 0 Å². The third kappa shape index (κ3) is 4.21. The average molecular weight is 688 g/mol. The summed E-state index contributed by atoms with van der Waals surface area (Å²) in [5, 5.41) is 25.5. The largest absolute Gasteiger partial charge is 0.462 e. The van der Waals surface area contributed by atoms with Crippen LogP contribution in [0.5, 0.6) is 0 Å². The minimum absolute atomic E-state index is 0.0534. The molecule has 1 aromatic carbocycles. The molecule has 49 heavy (non-hydrogen) atoms. The fraction of sp³-hybridized carbons (Fsp3) is 0.750. The molecule has 5 aliphatic carbocycles. The van der Waals surface area contributed by atoms with Crippen LogP contribution in [0.15, 0.2) is 30.3 Å². The van der Waals surface area contributed by atoms with Crippen molar-refractivity contribution in [3.05, 3.63) is 35.9 Å². The van der Waals surface area contributed by atoms with Crippen LogP contribution in [0.25, 0.3) is 0 Å². The van der Waals surface area contributed by atoms with Gasteiger partial charge >= 0.3 is 17.9 Å². The average Bonchev–Trinajstić information content (AvgIpc) is 3.44. The second kappa shape index (κ2) is 12.0. The summed E-state index contributed by atoms with van der Waals surface area (Å²) in [5.74, 6) is -4.24. The maximum absolute atomic E-state index is 13.8. The van der Waals surface area contributed by atoms with Gasteiger partial charge in [-0.2, -0.15) is 0 Å². The number of nitrogens with zero attached hydrogens (tertiary/aromatic N) is 1. The van der Waals surface area contributed by atoms with Gasteiger partial charge in [-0.05, 0) is 31.0 Å². The molecule has 2 N–H and O–H groups in total. The van der Waals surface area contributed by atoms with E-state index in [0.717, 1.165) is 0 Å². The van der Waals surface area contributed by atoms with Gasteiger partial charge in [-0.25, -0.2) is 4.79 Å². The van der Waals surface area contributed by atoms with Gasteiger partial charge in [0.25, 0.3) is 0 Å². The number of likely N-dealkylation sites (tertiary alicyclic amines) is 1. The predicted molar refractivity (Wildman–Crippen MR) is 170 cm³/mol. The summed E-state index contributed by atoms with van der Waals surface area (Å²) in [6.45, 7) is 5.99. The number of aliphatic hydroxyl groups excluding tert-OH is 1. The first kappa shape index (κ1) is 34.8. The second-order valence-corrected chi connectivity index (χ2v) is 15.0. The first-order valence-corrected chi connectivity index (χ1v) is 17.2. The molecular formula is C36H49NO12. The van der Waals surface area contributed by atoms with E-state index in [4.69, 9.17) is 33.2 Å². The summed E-state index contributed by atoms with van der Waals surface area (Å²) in [7, 11) is 6.25. The van der Waals surface area contributed by atoms with Gasteiger partial charge in [0.15, 0.2) is 5.60 Å². The zero-order valence-corrected chi connectivity index (χ0v) is 29.2. The number of ether oxygens (including phenoxy) is 7. The standard InChI is InChI=1S/C36H49NO12/c1-8-37-16-33(17-43-4)22(47-18(2)38)14-23(44-5)35-21-15-34(42)30(48-32(41)20-12-10-9-11-13-20)24(21)36(49-19(3)39,29(40)31(34)46-7)25(28(35)37)26(45-6)27(33)35/h9-13,21-31,40,42H,8,14-17H2,1-7H3/t21-,22?,23+,24-,25?,26+,27-,28?,29+,30-,31+,33+,34+,35?,36-/m1/s1. The van der Waals surface area contributed by atoms with E-state index >= 15 is 0 Å². The van der Waals surface area contributed by atoms with Crippen molar-refractivity contribution in [1.29, 1.82) is 0 Å². The van der Waals surface area contributed by atoms with Crippen molar-refractivity contribution in [1.82, 2.24) is 4.90 Å². The van der Waals surface area contributed by atoms with Crippen LogP contribution in [-0.2, 0) is 42.7 Å². The Morgan fingerprint density at radius 3 is 2.20 bits per heavy atom. The highest BCUT2D eigenvalue weighted by Crippen LogP contribution is 2.80. The SMILES string of the molecule is CCN1C[C@]2(COC)C(OC(C)=O)C[C@H](OC)C34C1C([C@H](OC)[C@@H]32)[C@]1(OC(C)=O)[C@@H]2[C@H]4C[C@](O)([C@@H]2OC(=O)c2ccccc2)[C@@H](OC)[C@@H]1O. The molecule has 270 valence electrons. The molecule has 15 atom stereocenters. The summed E-state index contributed by atoms with van der Waals surface area (Å²) < 4.78 is 43.9. The Hall–Kier alpha value is -2.65. The zero-order valence-electron chi connectivity index (χ0n) is 29.2. The number of hydrogen-bond acceptors (Lipinski definition) is 13. The van der Waals surface area contributed by atoms with Gasteiger partial charge in [0.1, 0.15) is 30.0 Å². The third-order valence-corrected chi connectivity index (χ3v) is 13.4. The van der Waals surface area contributed by atoms with E-state index in [1.165, 1.54) is 21.0 Å².